The van der Waals surface area contributed by atoms with Gasteiger partial charge in [-0.3, -0.25) is 9.78 Å². The lowest BCUT2D eigenvalue weighted by atomic mass is 10.0. The van der Waals surface area contributed by atoms with Crippen LogP contribution in [0.25, 0.3) is 11.1 Å². The van der Waals surface area contributed by atoms with Gasteiger partial charge in [0.25, 0.3) is 0 Å². The zero-order valence-electron chi connectivity index (χ0n) is 13.4. The maximum absolute atomic E-state index is 12.3. The maximum Gasteiger partial charge on any atom is 0.244 e. The standard InChI is InChI=1S/C16H16ClN3O3S/c1-19(2)24(22,23)11-6-10(8-18-9-11)12-4-5-14-13(16(12)17)7-15(21)20(14)3/h4-6,8-9H,7H2,1-3H3. The number of fused-ring (bicyclic) bond motifs is 1. The molecule has 0 saturated heterocycles. The zero-order chi connectivity index (χ0) is 17.6. The normalized spacial score (nSPS) is 14.4. The predicted molar refractivity (Wildman–Crippen MR) is 92.7 cm³/mol. The number of sulfonamides is 1. The van der Waals surface area contributed by atoms with Crippen molar-refractivity contribution in [2.45, 2.75) is 11.3 Å². The molecule has 1 aromatic carbocycles. The molecular formula is C16H16ClN3O3S. The highest BCUT2D eigenvalue weighted by Crippen LogP contribution is 2.40. The molecule has 0 radical (unpaired) electrons. The fourth-order valence-corrected chi connectivity index (χ4v) is 3.87. The van der Waals surface area contributed by atoms with Crippen molar-refractivity contribution < 1.29 is 13.2 Å². The molecule has 6 nitrogen and oxygen atoms in total. The van der Waals surface area contributed by atoms with Crippen molar-refractivity contribution in [1.29, 1.82) is 0 Å². The van der Waals surface area contributed by atoms with Gasteiger partial charge in [-0.25, -0.2) is 12.7 Å². The van der Waals surface area contributed by atoms with Crippen LogP contribution >= 0.6 is 11.6 Å². The van der Waals surface area contributed by atoms with E-state index in [1.807, 2.05) is 6.07 Å². The summed E-state index contributed by atoms with van der Waals surface area (Å²) in [5.41, 5.74) is 2.77. The average molecular weight is 366 g/mol. The van der Waals surface area contributed by atoms with Gasteiger partial charge in [0.05, 0.1) is 11.4 Å². The first-order valence-corrected chi connectivity index (χ1v) is 9.01. The molecule has 2 aromatic rings. The molecule has 1 aliphatic rings. The number of carbonyl (C=O) groups is 1. The first-order chi connectivity index (χ1) is 11.2. The summed E-state index contributed by atoms with van der Waals surface area (Å²) in [5, 5.41) is 0.450. The number of anilines is 1. The van der Waals surface area contributed by atoms with Crippen LogP contribution in [0.4, 0.5) is 5.69 Å². The molecule has 0 saturated carbocycles. The van der Waals surface area contributed by atoms with Crippen LogP contribution in [0.1, 0.15) is 5.56 Å². The Balaban J connectivity index is 2.12. The van der Waals surface area contributed by atoms with Gasteiger partial charge in [-0.2, -0.15) is 0 Å². The van der Waals surface area contributed by atoms with Crippen LogP contribution in [0.3, 0.4) is 0 Å². The highest BCUT2D eigenvalue weighted by molar-refractivity contribution is 7.89. The number of aromatic nitrogens is 1. The molecule has 2 heterocycles. The minimum Gasteiger partial charge on any atom is -0.315 e. The van der Waals surface area contributed by atoms with Crippen LogP contribution < -0.4 is 4.90 Å². The topological polar surface area (TPSA) is 70.6 Å². The third-order valence-corrected chi connectivity index (χ3v) is 6.30. The molecule has 0 aliphatic carbocycles. The number of nitrogens with zero attached hydrogens (tertiary/aromatic N) is 3. The van der Waals surface area contributed by atoms with Gasteiger partial charge in [0.2, 0.25) is 15.9 Å². The Kier molecular flexibility index (Phi) is 4.11. The van der Waals surface area contributed by atoms with E-state index in [1.54, 1.807) is 24.2 Å². The Labute approximate surface area is 145 Å². The maximum atomic E-state index is 12.3. The molecule has 1 aliphatic heterocycles. The number of hydrogen-bond donors (Lipinski definition) is 0. The summed E-state index contributed by atoms with van der Waals surface area (Å²) >= 11 is 6.48. The Morgan fingerprint density at radius 2 is 1.96 bits per heavy atom. The monoisotopic (exact) mass is 365 g/mol. The number of halogens is 1. The summed E-state index contributed by atoms with van der Waals surface area (Å²) in [6.07, 6.45) is 3.10. The van der Waals surface area contributed by atoms with E-state index in [0.717, 1.165) is 15.6 Å². The Morgan fingerprint density at radius 1 is 1.25 bits per heavy atom. The van der Waals surface area contributed by atoms with Gasteiger partial charge >= 0.3 is 0 Å². The average Bonchev–Trinajstić information content (AvgIpc) is 2.84. The summed E-state index contributed by atoms with van der Waals surface area (Å²) in [6.45, 7) is 0. The largest absolute Gasteiger partial charge is 0.315 e. The summed E-state index contributed by atoms with van der Waals surface area (Å²) in [6, 6.07) is 5.13. The highest BCUT2D eigenvalue weighted by atomic mass is 35.5. The molecule has 0 unspecified atom stereocenters. The fourth-order valence-electron chi connectivity index (χ4n) is 2.64. The lowest BCUT2D eigenvalue weighted by molar-refractivity contribution is -0.117. The molecular weight excluding hydrogens is 350 g/mol. The van der Waals surface area contributed by atoms with Crippen molar-refractivity contribution in [3.05, 3.63) is 41.2 Å². The molecule has 24 heavy (non-hydrogen) atoms. The summed E-state index contributed by atoms with van der Waals surface area (Å²) in [7, 11) is 1.05. The van der Waals surface area contributed by atoms with E-state index in [-0.39, 0.29) is 17.2 Å². The van der Waals surface area contributed by atoms with Crippen molar-refractivity contribution in [2.24, 2.45) is 0 Å². The van der Waals surface area contributed by atoms with Gasteiger partial charge in [-0.1, -0.05) is 17.7 Å². The molecule has 0 atom stereocenters. The lowest BCUT2D eigenvalue weighted by Gasteiger charge is -2.14. The van der Waals surface area contributed by atoms with E-state index < -0.39 is 10.0 Å². The molecule has 0 bridgehead atoms. The van der Waals surface area contributed by atoms with E-state index >= 15 is 0 Å². The third kappa shape index (κ3) is 2.58. The summed E-state index contributed by atoms with van der Waals surface area (Å²) in [4.78, 5) is 17.6. The Morgan fingerprint density at radius 3 is 2.62 bits per heavy atom. The highest BCUT2D eigenvalue weighted by Gasteiger charge is 2.28. The number of carbonyl (C=O) groups excluding carboxylic acids is 1. The quantitative estimate of drug-likeness (QED) is 0.835. The van der Waals surface area contributed by atoms with Crippen LogP contribution in [0.15, 0.2) is 35.5 Å². The lowest BCUT2D eigenvalue weighted by Crippen LogP contribution is -2.22. The number of amides is 1. The van der Waals surface area contributed by atoms with Gasteiger partial charge in [0.15, 0.2) is 0 Å². The van der Waals surface area contributed by atoms with Gasteiger partial charge in [0, 0.05) is 55.9 Å². The minimum absolute atomic E-state index is 0.0221. The van der Waals surface area contributed by atoms with E-state index in [9.17, 15) is 13.2 Å². The molecule has 1 aromatic heterocycles. The Hall–Kier alpha value is -1.96. The number of pyridine rings is 1. The zero-order valence-corrected chi connectivity index (χ0v) is 15.0. The SMILES string of the molecule is CN1C(=O)Cc2c1ccc(-c1cncc(S(=O)(=O)N(C)C)c1)c2Cl. The second-order valence-electron chi connectivity index (χ2n) is 5.75. The minimum atomic E-state index is -3.58. The molecule has 8 heteroatoms. The van der Waals surface area contributed by atoms with Crippen molar-refractivity contribution in [2.75, 3.05) is 26.0 Å². The van der Waals surface area contributed by atoms with Crippen LogP contribution in [-0.4, -0.2) is 44.8 Å². The second-order valence-corrected chi connectivity index (χ2v) is 8.28. The van der Waals surface area contributed by atoms with Crippen LogP contribution in [0.5, 0.6) is 0 Å². The first kappa shape index (κ1) is 16.9. The predicted octanol–water partition coefficient (Wildman–Crippen LogP) is 2.17. The molecule has 3 rings (SSSR count). The second kappa shape index (κ2) is 5.84. The van der Waals surface area contributed by atoms with E-state index in [1.165, 1.54) is 26.4 Å². The van der Waals surface area contributed by atoms with Crippen LogP contribution in [-0.2, 0) is 21.2 Å². The van der Waals surface area contributed by atoms with Gasteiger partial charge in [-0.05, 0) is 12.1 Å². The van der Waals surface area contributed by atoms with Gasteiger partial charge in [0.1, 0.15) is 4.90 Å². The molecule has 0 spiro atoms. The van der Waals surface area contributed by atoms with E-state index in [2.05, 4.69) is 4.98 Å². The molecule has 0 fully saturated rings. The molecule has 0 N–H and O–H groups in total. The van der Waals surface area contributed by atoms with E-state index in [0.29, 0.717) is 16.1 Å². The number of hydrogen-bond acceptors (Lipinski definition) is 4. The molecule has 1 amide bonds. The smallest absolute Gasteiger partial charge is 0.244 e. The molecule has 126 valence electrons. The summed E-state index contributed by atoms with van der Waals surface area (Å²) < 4.78 is 25.7. The first-order valence-electron chi connectivity index (χ1n) is 7.19. The van der Waals surface area contributed by atoms with Gasteiger partial charge < -0.3 is 4.90 Å². The number of benzene rings is 1. The van der Waals surface area contributed by atoms with Crippen molar-refractivity contribution in [3.63, 3.8) is 0 Å². The van der Waals surface area contributed by atoms with Crippen LogP contribution in [0, 0.1) is 0 Å². The number of rotatable bonds is 3. The third-order valence-electron chi connectivity index (χ3n) is 4.08. The van der Waals surface area contributed by atoms with E-state index in [4.69, 9.17) is 11.6 Å². The fraction of sp³-hybridized carbons (Fsp3) is 0.250. The van der Waals surface area contributed by atoms with Gasteiger partial charge in [-0.15, -0.1) is 0 Å². The Bertz CT molecular complexity index is 942. The summed E-state index contributed by atoms with van der Waals surface area (Å²) in [5.74, 6) is -0.0221. The number of likely N-dealkylation sites (N-methyl/N-ethyl adjacent to an activating group) is 1. The van der Waals surface area contributed by atoms with Crippen molar-refractivity contribution >= 4 is 33.2 Å². The van der Waals surface area contributed by atoms with Crippen LogP contribution in [0.2, 0.25) is 5.02 Å². The van der Waals surface area contributed by atoms with Crippen molar-refractivity contribution in [3.8, 4) is 11.1 Å². The van der Waals surface area contributed by atoms with Crippen molar-refractivity contribution in [1.82, 2.24) is 9.29 Å².